The van der Waals surface area contributed by atoms with Crippen LogP contribution in [0, 0.1) is 0 Å². The molecular weight excluding hydrogens is 218 g/mol. The van der Waals surface area contributed by atoms with Crippen LogP contribution in [0.4, 0.5) is 0 Å². The van der Waals surface area contributed by atoms with Crippen molar-refractivity contribution in [2.24, 2.45) is 0 Å². The Hall–Kier alpha value is -1.26. The van der Waals surface area contributed by atoms with Crippen LogP contribution in [-0.2, 0) is 6.42 Å². The molecule has 84 valence electrons. The van der Waals surface area contributed by atoms with Crippen molar-refractivity contribution in [1.29, 1.82) is 0 Å². The van der Waals surface area contributed by atoms with Crippen molar-refractivity contribution in [2.75, 3.05) is 13.6 Å². The lowest BCUT2D eigenvalue weighted by Gasteiger charge is -2.02. The lowest BCUT2D eigenvalue weighted by Crippen LogP contribution is -2.09. The molecule has 4 heteroatoms. The zero-order chi connectivity index (χ0) is 11.2. The first kappa shape index (κ1) is 11.2. The van der Waals surface area contributed by atoms with Gasteiger partial charge < -0.3 is 5.32 Å². The Kier molecular flexibility index (Phi) is 4.02. The van der Waals surface area contributed by atoms with E-state index in [0.29, 0.717) is 0 Å². The predicted molar refractivity (Wildman–Crippen MR) is 67.6 cm³/mol. The van der Waals surface area contributed by atoms with Crippen molar-refractivity contribution < 1.29 is 0 Å². The van der Waals surface area contributed by atoms with Crippen molar-refractivity contribution in [1.82, 2.24) is 15.3 Å². The fourth-order valence-corrected chi connectivity index (χ4v) is 2.17. The third-order valence-electron chi connectivity index (χ3n) is 2.31. The van der Waals surface area contributed by atoms with E-state index in [1.54, 1.807) is 11.3 Å². The Morgan fingerprint density at radius 2 is 2.31 bits per heavy atom. The molecule has 2 aromatic heterocycles. The van der Waals surface area contributed by atoms with Crippen molar-refractivity contribution >= 4 is 11.3 Å². The topological polar surface area (TPSA) is 37.8 Å². The van der Waals surface area contributed by atoms with Crippen LogP contribution in [0.3, 0.4) is 0 Å². The summed E-state index contributed by atoms with van der Waals surface area (Å²) in [5.74, 6) is 0.844. The van der Waals surface area contributed by atoms with E-state index in [9.17, 15) is 0 Å². The molecule has 0 fully saturated rings. The molecule has 1 N–H and O–H groups in total. The number of thiophene rings is 1. The van der Waals surface area contributed by atoms with Crippen molar-refractivity contribution in [3.05, 3.63) is 35.5 Å². The van der Waals surface area contributed by atoms with Gasteiger partial charge in [0.15, 0.2) is 5.82 Å². The van der Waals surface area contributed by atoms with Gasteiger partial charge in [-0.15, -0.1) is 11.3 Å². The summed E-state index contributed by atoms with van der Waals surface area (Å²) in [6.45, 7) is 1.03. The van der Waals surface area contributed by atoms with Gasteiger partial charge in [0.05, 0.1) is 4.88 Å². The van der Waals surface area contributed by atoms with Crippen molar-refractivity contribution in [3.63, 3.8) is 0 Å². The van der Waals surface area contributed by atoms with E-state index in [4.69, 9.17) is 0 Å². The van der Waals surface area contributed by atoms with E-state index < -0.39 is 0 Å². The first-order valence-electron chi connectivity index (χ1n) is 5.40. The Balaban J connectivity index is 2.08. The molecule has 2 rings (SSSR count). The first-order valence-corrected chi connectivity index (χ1v) is 6.28. The second-order valence-corrected chi connectivity index (χ2v) is 4.50. The summed E-state index contributed by atoms with van der Waals surface area (Å²) >= 11 is 1.68. The van der Waals surface area contributed by atoms with E-state index in [2.05, 4.69) is 21.4 Å². The molecule has 2 aromatic rings. The molecule has 0 radical (unpaired) electrons. The monoisotopic (exact) mass is 233 g/mol. The molecule has 0 saturated carbocycles. The maximum Gasteiger partial charge on any atom is 0.169 e. The third kappa shape index (κ3) is 2.87. The zero-order valence-corrected chi connectivity index (χ0v) is 10.1. The molecular formula is C12H15N3S. The second kappa shape index (κ2) is 5.72. The maximum atomic E-state index is 4.56. The van der Waals surface area contributed by atoms with E-state index >= 15 is 0 Å². The van der Waals surface area contributed by atoms with Crippen LogP contribution in [0.1, 0.15) is 12.1 Å². The number of hydrogen-bond acceptors (Lipinski definition) is 4. The van der Waals surface area contributed by atoms with Gasteiger partial charge >= 0.3 is 0 Å². The minimum atomic E-state index is 0.844. The summed E-state index contributed by atoms with van der Waals surface area (Å²) in [6, 6.07) is 6.07. The molecule has 0 saturated heterocycles. The number of aryl methyl sites for hydroxylation is 1. The molecule has 3 nitrogen and oxygen atoms in total. The second-order valence-electron chi connectivity index (χ2n) is 3.56. The highest BCUT2D eigenvalue weighted by molar-refractivity contribution is 7.13. The molecule has 0 atom stereocenters. The summed E-state index contributed by atoms with van der Waals surface area (Å²) in [7, 11) is 1.97. The van der Waals surface area contributed by atoms with Crippen LogP contribution in [0.25, 0.3) is 10.7 Å². The van der Waals surface area contributed by atoms with Gasteiger partial charge in [-0.05, 0) is 43.9 Å². The van der Waals surface area contributed by atoms with Crippen LogP contribution < -0.4 is 5.32 Å². The van der Waals surface area contributed by atoms with Crippen molar-refractivity contribution in [3.8, 4) is 10.7 Å². The molecule has 0 spiro atoms. The van der Waals surface area contributed by atoms with Gasteiger partial charge in [-0.2, -0.15) is 0 Å². The van der Waals surface area contributed by atoms with E-state index in [0.717, 1.165) is 35.8 Å². The average molecular weight is 233 g/mol. The first-order chi connectivity index (χ1) is 7.90. The van der Waals surface area contributed by atoms with Crippen LogP contribution in [0.5, 0.6) is 0 Å². The van der Waals surface area contributed by atoms with Gasteiger partial charge in [-0.25, -0.2) is 9.97 Å². The molecule has 0 aliphatic rings. The van der Waals surface area contributed by atoms with Crippen LogP contribution in [-0.4, -0.2) is 23.6 Å². The van der Waals surface area contributed by atoms with E-state index in [1.807, 2.05) is 30.8 Å². The number of nitrogens with zero attached hydrogens (tertiary/aromatic N) is 2. The zero-order valence-electron chi connectivity index (χ0n) is 9.31. The highest BCUT2D eigenvalue weighted by Gasteiger charge is 2.03. The van der Waals surface area contributed by atoms with Crippen LogP contribution in [0.2, 0.25) is 0 Å². The normalized spacial score (nSPS) is 10.6. The Labute approximate surface area is 99.6 Å². The molecule has 2 heterocycles. The summed E-state index contributed by atoms with van der Waals surface area (Å²) in [4.78, 5) is 9.99. The quantitative estimate of drug-likeness (QED) is 0.806. The van der Waals surface area contributed by atoms with Crippen molar-refractivity contribution in [2.45, 2.75) is 12.8 Å². The van der Waals surface area contributed by atoms with Gasteiger partial charge in [0.1, 0.15) is 0 Å². The lowest BCUT2D eigenvalue weighted by atomic mass is 10.2. The van der Waals surface area contributed by atoms with Gasteiger partial charge in [0, 0.05) is 11.9 Å². The molecule has 0 amide bonds. The highest BCUT2D eigenvalue weighted by atomic mass is 32.1. The van der Waals surface area contributed by atoms with Gasteiger partial charge in [0.25, 0.3) is 0 Å². The number of rotatable bonds is 5. The fraction of sp³-hybridized carbons (Fsp3) is 0.333. The smallest absolute Gasteiger partial charge is 0.169 e. The summed E-state index contributed by atoms with van der Waals surface area (Å²) in [5, 5.41) is 5.19. The SMILES string of the molecule is CNCCCc1ccnc(-c2cccs2)n1. The number of aromatic nitrogens is 2. The summed E-state index contributed by atoms with van der Waals surface area (Å²) in [5.41, 5.74) is 1.12. The maximum absolute atomic E-state index is 4.56. The molecule has 0 aromatic carbocycles. The van der Waals surface area contributed by atoms with Crippen LogP contribution in [0.15, 0.2) is 29.8 Å². The number of hydrogen-bond donors (Lipinski definition) is 1. The molecule has 16 heavy (non-hydrogen) atoms. The Morgan fingerprint density at radius 1 is 1.38 bits per heavy atom. The minimum Gasteiger partial charge on any atom is -0.320 e. The predicted octanol–water partition coefficient (Wildman–Crippen LogP) is 2.36. The summed E-state index contributed by atoms with van der Waals surface area (Å²) in [6.07, 6.45) is 3.95. The molecule has 0 unspecified atom stereocenters. The van der Waals surface area contributed by atoms with Gasteiger partial charge in [0.2, 0.25) is 0 Å². The lowest BCUT2D eigenvalue weighted by molar-refractivity contribution is 0.714. The molecule has 0 aliphatic carbocycles. The van der Waals surface area contributed by atoms with E-state index in [-0.39, 0.29) is 0 Å². The Morgan fingerprint density at radius 3 is 3.06 bits per heavy atom. The van der Waals surface area contributed by atoms with Gasteiger partial charge in [-0.1, -0.05) is 6.07 Å². The van der Waals surface area contributed by atoms with E-state index in [1.165, 1.54) is 0 Å². The minimum absolute atomic E-state index is 0.844. The molecule has 0 aliphatic heterocycles. The average Bonchev–Trinajstić information content (AvgIpc) is 2.83. The fourth-order valence-electron chi connectivity index (χ4n) is 1.51. The third-order valence-corrected chi connectivity index (χ3v) is 3.18. The summed E-state index contributed by atoms with van der Waals surface area (Å²) < 4.78 is 0. The van der Waals surface area contributed by atoms with Crippen LogP contribution >= 0.6 is 11.3 Å². The standard InChI is InChI=1S/C12H15N3S/c1-13-7-2-4-10-6-8-14-12(15-10)11-5-3-9-16-11/h3,5-6,8-9,13H,2,4,7H2,1H3. The molecule has 0 bridgehead atoms. The highest BCUT2D eigenvalue weighted by Crippen LogP contribution is 2.20. The van der Waals surface area contributed by atoms with Gasteiger partial charge in [-0.3, -0.25) is 0 Å². The number of nitrogens with one attached hydrogen (secondary N) is 1. The largest absolute Gasteiger partial charge is 0.320 e. The Bertz CT molecular complexity index is 426.